The molecule has 6 heteroatoms. The number of rotatable bonds is 4. The summed E-state index contributed by atoms with van der Waals surface area (Å²) in [5.41, 5.74) is 7.75. The van der Waals surface area contributed by atoms with E-state index in [4.69, 9.17) is 5.53 Å². The molecule has 0 aromatic carbocycles. The van der Waals surface area contributed by atoms with Crippen molar-refractivity contribution >= 4 is 24.6 Å². The SMILES string of the molecule is C=CC(S)S[N]N=[N+]=[N-]. The lowest BCUT2D eigenvalue weighted by Gasteiger charge is -1.90. The maximum Gasteiger partial charge on any atom is 0.132 e. The monoisotopic (exact) mass is 161 g/mol. The second kappa shape index (κ2) is 5.68. The van der Waals surface area contributed by atoms with Crippen LogP contribution in [0.5, 0.6) is 0 Å². The van der Waals surface area contributed by atoms with E-state index in [0.717, 1.165) is 11.9 Å². The molecule has 0 spiro atoms. The summed E-state index contributed by atoms with van der Waals surface area (Å²) in [6, 6.07) is 0. The van der Waals surface area contributed by atoms with E-state index in [-0.39, 0.29) is 4.58 Å². The van der Waals surface area contributed by atoms with Gasteiger partial charge in [-0.1, -0.05) is 6.08 Å². The fraction of sp³-hybridized carbons (Fsp3) is 0.333. The third-order valence-electron chi connectivity index (χ3n) is 0.433. The van der Waals surface area contributed by atoms with Crippen molar-refractivity contribution in [1.29, 1.82) is 0 Å². The first kappa shape index (κ1) is 8.55. The molecular formula is C3H5N4S2. The van der Waals surface area contributed by atoms with E-state index < -0.39 is 0 Å². The lowest BCUT2D eigenvalue weighted by Crippen LogP contribution is -1.89. The van der Waals surface area contributed by atoms with Gasteiger partial charge in [0.15, 0.2) is 0 Å². The summed E-state index contributed by atoms with van der Waals surface area (Å²) in [6.45, 7) is 3.45. The Bertz CT molecular complexity index is 130. The van der Waals surface area contributed by atoms with Crippen LogP contribution < -0.4 is 4.83 Å². The van der Waals surface area contributed by atoms with Gasteiger partial charge in [-0.2, -0.15) is 17.5 Å². The topological polar surface area (TPSA) is 62.9 Å². The van der Waals surface area contributed by atoms with Crippen LogP contribution in [0.1, 0.15) is 0 Å². The molecule has 0 aromatic heterocycles. The zero-order valence-corrected chi connectivity index (χ0v) is 6.22. The van der Waals surface area contributed by atoms with E-state index >= 15 is 0 Å². The van der Waals surface area contributed by atoms with Crippen LogP contribution in [0, 0.1) is 0 Å². The summed E-state index contributed by atoms with van der Waals surface area (Å²) < 4.78 is -0.101. The number of thiol groups is 1. The van der Waals surface area contributed by atoms with E-state index in [2.05, 4.69) is 34.2 Å². The van der Waals surface area contributed by atoms with Gasteiger partial charge in [0.1, 0.15) is 16.5 Å². The molecule has 0 bridgehead atoms. The zero-order chi connectivity index (χ0) is 7.11. The average molecular weight is 161 g/mol. The molecule has 0 aliphatic heterocycles. The van der Waals surface area contributed by atoms with Gasteiger partial charge in [0, 0.05) is 10.1 Å². The second-order valence-electron chi connectivity index (χ2n) is 0.992. The molecule has 0 N–H and O–H groups in total. The predicted molar refractivity (Wildman–Crippen MR) is 41.8 cm³/mol. The summed E-state index contributed by atoms with van der Waals surface area (Å²) in [7, 11) is 0. The summed E-state index contributed by atoms with van der Waals surface area (Å²) in [4.78, 5) is 5.75. The molecule has 0 aliphatic carbocycles. The molecule has 0 saturated heterocycles. The van der Waals surface area contributed by atoms with Gasteiger partial charge in [-0.3, -0.25) is 0 Å². The molecule has 1 unspecified atom stereocenters. The first-order valence-corrected chi connectivity index (χ1v) is 3.37. The summed E-state index contributed by atoms with van der Waals surface area (Å²) in [5.74, 6) is 0. The Labute approximate surface area is 62.8 Å². The zero-order valence-electron chi connectivity index (χ0n) is 4.51. The fourth-order valence-corrected chi connectivity index (χ4v) is 0.513. The number of nitrogens with zero attached hydrogens (tertiary/aromatic N) is 4. The molecule has 4 nitrogen and oxygen atoms in total. The van der Waals surface area contributed by atoms with Crippen molar-refractivity contribution in [2.45, 2.75) is 4.58 Å². The first-order chi connectivity index (χ1) is 4.31. The normalized spacial score (nSPS) is 11.2. The second-order valence-corrected chi connectivity index (χ2v) is 2.78. The Hall–Kier alpha value is -0.450. The van der Waals surface area contributed by atoms with Crippen LogP contribution in [0.2, 0.25) is 0 Å². The van der Waals surface area contributed by atoms with Crippen molar-refractivity contribution in [1.82, 2.24) is 4.83 Å². The summed E-state index contributed by atoms with van der Waals surface area (Å²) in [5, 5.41) is 2.93. The van der Waals surface area contributed by atoms with Crippen LogP contribution in [0.3, 0.4) is 0 Å². The molecule has 0 fully saturated rings. The van der Waals surface area contributed by atoms with Crippen LogP contribution in [0.15, 0.2) is 17.9 Å². The van der Waals surface area contributed by atoms with E-state index in [1.54, 1.807) is 6.08 Å². The Balaban J connectivity index is 3.26. The van der Waals surface area contributed by atoms with Gasteiger partial charge in [0.25, 0.3) is 0 Å². The van der Waals surface area contributed by atoms with Crippen LogP contribution in [0.25, 0.3) is 10.4 Å². The maximum absolute atomic E-state index is 7.75. The third-order valence-corrected chi connectivity index (χ3v) is 1.50. The molecule has 1 atom stereocenters. The third kappa shape index (κ3) is 5.42. The molecule has 0 amide bonds. The van der Waals surface area contributed by atoms with Crippen LogP contribution in [-0.4, -0.2) is 4.58 Å². The molecule has 9 heavy (non-hydrogen) atoms. The van der Waals surface area contributed by atoms with Crippen molar-refractivity contribution in [2.75, 3.05) is 0 Å². The standard InChI is InChI=1S/C3H5N4S2/c1-2-3(8)9-7-6-5-4/h2-3,8H,1H2. The average Bonchev–Trinajstić information content (AvgIpc) is 1.89. The molecule has 1 radical (unpaired) electrons. The first-order valence-electron chi connectivity index (χ1n) is 2.02. The fourth-order valence-electron chi connectivity index (χ4n) is 0.129. The van der Waals surface area contributed by atoms with Gasteiger partial charge in [-0.15, -0.1) is 12.1 Å². The van der Waals surface area contributed by atoms with E-state index in [0.29, 0.717) is 0 Å². The van der Waals surface area contributed by atoms with Crippen LogP contribution in [-0.2, 0) is 0 Å². The van der Waals surface area contributed by atoms with Gasteiger partial charge in [0.2, 0.25) is 0 Å². The van der Waals surface area contributed by atoms with Crippen molar-refractivity contribution < 1.29 is 0 Å². The lowest BCUT2D eigenvalue weighted by molar-refractivity contribution is 1.06. The van der Waals surface area contributed by atoms with Gasteiger partial charge in [-0.25, -0.2) is 0 Å². The van der Waals surface area contributed by atoms with Crippen molar-refractivity contribution in [2.24, 2.45) is 5.22 Å². The highest BCUT2D eigenvalue weighted by atomic mass is 32.2. The quantitative estimate of drug-likeness (QED) is 0.0982. The molecule has 0 aromatic rings. The number of hydrogen-bond donors (Lipinski definition) is 1. The molecule has 0 heterocycles. The van der Waals surface area contributed by atoms with Gasteiger partial charge >= 0.3 is 0 Å². The summed E-state index contributed by atoms with van der Waals surface area (Å²) >= 11 is 5.02. The Morgan fingerprint density at radius 3 is 3.00 bits per heavy atom. The lowest BCUT2D eigenvalue weighted by atomic mass is 10.8. The van der Waals surface area contributed by atoms with Gasteiger partial charge in [0.05, 0.1) is 0 Å². The Morgan fingerprint density at radius 1 is 1.89 bits per heavy atom. The van der Waals surface area contributed by atoms with E-state index in [9.17, 15) is 0 Å². The summed E-state index contributed by atoms with van der Waals surface area (Å²) in [6.07, 6.45) is 1.59. The van der Waals surface area contributed by atoms with Gasteiger partial charge in [-0.05, 0) is 0 Å². The molecule has 0 rings (SSSR count). The van der Waals surface area contributed by atoms with Crippen LogP contribution in [0.4, 0.5) is 0 Å². The molecule has 49 valence electrons. The van der Waals surface area contributed by atoms with E-state index in [1.165, 1.54) is 0 Å². The van der Waals surface area contributed by atoms with Crippen molar-refractivity contribution in [3.63, 3.8) is 0 Å². The smallest absolute Gasteiger partial charge is 0.132 e. The highest BCUT2D eigenvalue weighted by molar-refractivity contribution is 8.09. The van der Waals surface area contributed by atoms with Crippen LogP contribution >= 0.6 is 24.6 Å². The van der Waals surface area contributed by atoms with Gasteiger partial charge < -0.3 is 0 Å². The molecular weight excluding hydrogens is 156 g/mol. The van der Waals surface area contributed by atoms with E-state index in [1.807, 2.05) is 0 Å². The minimum absolute atomic E-state index is 0.101. The highest BCUT2D eigenvalue weighted by Gasteiger charge is 2.00. The Kier molecular flexibility index (Phi) is 5.40. The Morgan fingerprint density at radius 2 is 2.56 bits per heavy atom. The molecule has 0 saturated carbocycles. The largest absolute Gasteiger partial charge is 0.164 e. The predicted octanol–water partition coefficient (Wildman–Crippen LogP) is 1.91. The minimum atomic E-state index is -0.101. The maximum atomic E-state index is 7.75. The highest BCUT2D eigenvalue weighted by Crippen LogP contribution is 2.12. The number of hydrogen-bond acceptors (Lipinski definition) is 3. The number of azide groups is 1. The molecule has 0 aliphatic rings. The minimum Gasteiger partial charge on any atom is -0.164 e. The van der Waals surface area contributed by atoms with Crippen molar-refractivity contribution in [3.8, 4) is 0 Å². The van der Waals surface area contributed by atoms with Crippen molar-refractivity contribution in [3.05, 3.63) is 23.1 Å².